The normalized spacial score (nSPS) is 23.6. The van der Waals surface area contributed by atoms with Gasteiger partial charge in [0.25, 0.3) is 5.56 Å². The lowest BCUT2D eigenvalue weighted by molar-refractivity contribution is -0.902. The first-order chi connectivity index (χ1) is 13.5. The van der Waals surface area contributed by atoms with Crippen molar-refractivity contribution in [1.82, 2.24) is 9.13 Å². The van der Waals surface area contributed by atoms with E-state index < -0.39 is 0 Å². The Morgan fingerprint density at radius 1 is 1.14 bits per heavy atom. The van der Waals surface area contributed by atoms with Gasteiger partial charge in [0, 0.05) is 53.8 Å². The topological polar surface area (TPSA) is 48.4 Å². The van der Waals surface area contributed by atoms with Gasteiger partial charge in [-0.1, -0.05) is 24.3 Å². The van der Waals surface area contributed by atoms with E-state index in [1.165, 1.54) is 4.90 Å². The molecule has 1 unspecified atom stereocenters. The maximum absolute atomic E-state index is 13.3. The first kappa shape index (κ1) is 17.4. The van der Waals surface area contributed by atoms with Crippen LogP contribution in [0.3, 0.4) is 0 Å². The third-order valence-electron chi connectivity index (χ3n) is 6.76. The number of hydrogen-bond acceptors (Lipinski definition) is 2. The minimum absolute atomic E-state index is 0.109. The number of pyridine rings is 1. The van der Waals surface area contributed by atoms with Gasteiger partial charge in [0.15, 0.2) is 0 Å². The second-order valence-corrected chi connectivity index (χ2v) is 8.49. The molecule has 2 bridgehead atoms. The molecule has 5 heteroatoms. The van der Waals surface area contributed by atoms with Gasteiger partial charge < -0.3 is 14.0 Å². The van der Waals surface area contributed by atoms with Crippen molar-refractivity contribution in [2.45, 2.75) is 25.8 Å². The molecule has 1 fully saturated rings. The van der Waals surface area contributed by atoms with E-state index in [0.29, 0.717) is 18.4 Å². The number of rotatable bonds is 3. The van der Waals surface area contributed by atoms with E-state index in [2.05, 4.69) is 22.8 Å². The number of piperidine rings is 1. The SMILES string of the molecule is Cc1c(C(=O)C[NH+]2C[C@H]3C[C@@H](C2)c2cccc(=O)n2C3)c2ccccc2n1C. The number of aromatic nitrogens is 2. The number of likely N-dealkylation sites (tertiary alicyclic amines) is 1. The highest BCUT2D eigenvalue weighted by Gasteiger charge is 2.38. The predicted octanol–water partition coefficient (Wildman–Crippen LogP) is 1.53. The Hall–Kier alpha value is -2.66. The zero-order valence-electron chi connectivity index (χ0n) is 16.4. The van der Waals surface area contributed by atoms with Crippen molar-refractivity contribution in [3.05, 3.63) is 69.8 Å². The van der Waals surface area contributed by atoms with Crippen LogP contribution >= 0.6 is 0 Å². The van der Waals surface area contributed by atoms with Crippen molar-refractivity contribution in [3.63, 3.8) is 0 Å². The third kappa shape index (κ3) is 2.65. The molecule has 1 N–H and O–H groups in total. The van der Waals surface area contributed by atoms with Gasteiger partial charge in [-0.15, -0.1) is 0 Å². The number of hydrogen-bond donors (Lipinski definition) is 1. The molecule has 2 aromatic heterocycles. The minimum Gasteiger partial charge on any atom is -0.347 e. The molecule has 3 aromatic rings. The van der Waals surface area contributed by atoms with E-state index in [4.69, 9.17) is 0 Å². The number of quaternary nitrogens is 1. The smallest absolute Gasteiger partial charge is 0.250 e. The summed E-state index contributed by atoms with van der Waals surface area (Å²) >= 11 is 0. The number of carbonyl (C=O) groups is 1. The van der Waals surface area contributed by atoms with E-state index in [1.807, 2.05) is 36.7 Å². The van der Waals surface area contributed by atoms with Gasteiger partial charge in [-0.2, -0.15) is 0 Å². The van der Waals surface area contributed by atoms with Crippen LogP contribution in [-0.4, -0.2) is 34.6 Å². The lowest BCUT2D eigenvalue weighted by Gasteiger charge is -2.40. The molecule has 0 saturated carbocycles. The molecule has 0 radical (unpaired) electrons. The molecule has 28 heavy (non-hydrogen) atoms. The molecule has 1 aromatic carbocycles. The molecule has 3 atom stereocenters. The number of para-hydroxylation sites is 1. The van der Waals surface area contributed by atoms with Crippen LogP contribution in [0.25, 0.3) is 10.9 Å². The number of Topliss-reactive ketones (excluding diaryl/α,β-unsaturated/α-hetero) is 1. The van der Waals surface area contributed by atoms with Gasteiger partial charge in [0.1, 0.15) is 6.54 Å². The van der Waals surface area contributed by atoms with Gasteiger partial charge in [-0.25, -0.2) is 0 Å². The summed E-state index contributed by atoms with van der Waals surface area (Å²) in [5.74, 6) is 1.08. The van der Waals surface area contributed by atoms with Crippen LogP contribution in [-0.2, 0) is 13.6 Å². The minimum atomic E-state index is 0.109. The monoisotopic (exact) mass is 376 g/mol. The largest absolute Gasteiger partial charge is 0.347 e. The second kappa shape index (κ2) is 6.45. The molecule has 0 amide bonds. The number of nitrogens with one attached hydrogen (secondary N) is 1. The summed E-state index contributed by atoms with van der Waals surface area (Å²) in [7, 11) is 2.03. The van der Waals surface area contributed by atoms with Crippen LogP contribution in [0.15, 0.2) is 47.3 Å². The molecule has 0 aliphatic carbocycles. The van der Waals surface area contributed by atoms with Crippen LogP contribution in [0, 0.1) is 12.8 Å². The maximum Gasteiger partial charge on any atom is 0.250 e. The lowest BCUT2D eigenvalue weighted by atomic mass is 9.83. The fourth-order valence-electron chi connectivity index (χ4n) is 5.45. The average molecular weight is 376 g/mol. The molecule has 5 rings (SSSR count). The van der Waals surface area contributed by atoms with E-state index in [0.717, 1.165) is 53.9 Å². The molecule has 0 spiro atoms. The van der Waals surface area contributed by atoms with Crippen LogP contribution < -0.4 is 10.5 Å². The van der Waals surface area contributed by atoms with Crippen molar-refractivity contribution in [2.24, 2.45) is 13.0 Å². The first-order valence-corrected chi connectivity index (χ1v) is 10.1. The number of nitrogens with zero attached hydrogens (tertiary/aromatic N) is 2. The molecule has 1 saturated heterocycles. The van der Waals surface area contributed by atoms with E-state index in [1.54, 1.807) is 6.07 Å². The Bertz CT molecular complexity index is 1140. The Balaban J connectivity index is 1.42. The van der Waals surface area contributed by atoms with Crippen LogP contribution in [0.2, 0.25) is 0 Å². The summed E-state index contributed by atoms with van der Waals surface area (Å²) in [6, 6.07) is 13.8. The Kier molecular flexibility index (Phi) is 4.02. The molecule has 5 nitrogen and oxygen atoms in total. The molecule has 144 valence electrons. The average Bonchev–Trinajstić information content (AvgIpc) is 2.94. The van der Waals surface area contributed by atoms with E-state index >= 15 is 0 Å². The summed E-state index contributed by atoms with van der Waals surface area (Å²) in [6.45, 7) is 5.24. The zero-order valence-corrected chi connectivity index (χ0v) is 16.4. The van der Waals surface area contributed by atoms with Gasteiger partial charge in [0.2, 0.25) is 5.78 Å². The number of fused-ring (bicyclic) bond motifs is 5. The van der Waals surface area contributed by atoms with Crippen LogP contribution in [0.1, 0.15) is 34.1 Å². The van der Waals surface area contributed by atoms with Gasteiger partial charge in [-0.05, 0) is 25.5 Å². The van der Waals surface area contributed by atoms with E-state index in [9.17, 15) is 9.59 Å². The molecule has 2 aliphatic rings. The fourth-order valence-corrected chi connectivity index (χ4v) is 5.45. The highest BCUT2D eigenvalue weighted by molar-refractivity contribution is 6.10. The third-order valence-corrected chi connectivity index (χ3v) is 6.76. The van der Waals surface area contributed by atoms with Gasteiger partial charge in [-0.3, -0.25) is 9.59 Å². The van der Waals surface area contributed by atoms with Crippen molar-refractivity contribution in [2.75, 3.05) is 19.6 Å². The summed E-state index contributed by atoms with van der Waals surface area (Å²) in [4.78, 5) is 26.8. The van der Waals surface area contributed by atoms with Crippen molar-refractivity contribution in [1.29, 1.82) is 0 Å². The quantitative estimate of drug-likeness (QED) is 0.705. The number of benzene rings is 1. The highest BCUT2D eigenvalue weighted by Crippen LogP contribution is 2.30. The lowest BCUT2D eigenvalue weighted by Crippen LogP contribution is -3.15. The van der Waals surface area contributed by atoms with Gasteiger partial charge in [0.05, 0.1) is 18.7 Å². The Morgan fingerprint density at radius 2 is 1.96 bits per heavy atom. The predicted molar refractivity (Wildman–Crippen MR) is 109 cm³/mol. The fraction of sp³-hybridized carbons (Fsp3) is 0.391. The van der Waals surface area contributed by atoms with Crippen molar-refractivity contribution >= 4 is 16.7 Å². The van der Waals surface area contributed by atoms with Crippen molar-refractivity contribution < 1.29 is 9.69 Å². The first-order valence-electron chi connectivity index (χ1n) is 10.1. The zero-order chi connectivity index (χ0) is 19.4. The highest BCUT2D eigenvalue weighted by atomic mass is 16.1. The van der Waals surface area contributed by atoms with Crippen LogP contribution in [0.4, 0.5) is 0 Å². The number of ketones is 1. The molecule has 2 aliphatic heterocycles. The summed E-state index contributed by atoms with van der Waals surface area (Å²) in [5.41, 5.74) is 4.28. The Labute approximate surface area is 164 Å². The number of aryl methyl sites for hydroxylation is 1. The summed E-state index contributed by atoms with van der Waals surface area (Å²) in [5, 5.41) is 1.06. The molecular formula is C23H26N3O2+. The van der Waals surface area contributed by atoms with E-state index in [-0.39, 0.29) is 11.3 Å². The molecular weight excluding hydrogens is 350 g/mol. The summed E-state index contributed by atoms with van der Waals surface area (Å²) in [6.07, 6.45) is 1.13. The van der Waals surface area contributed by atoms with Crippen LogP contribution in [0.5, 0.6) is 0 Å². The number of carbonyl (C=O) groups excluding carboxylic acids is 1. The molecule has 4 heterocycles. The maximum atomic E-state index is 13.3. The van der Waals surface area contributed by atoms with Gasteiger partial charge >= 0.3 is 0 Å². The second-order valence-electron chi connectivity index (χ2n) is 8.49. The van der Waals surface area contributed by atoms with Crippen molar-refractivity contribution in [3.8, 4) is 0 Å². The Morgan fingerprint density at radius 3 is 2.82 bits per heavy atom. The standard InChI is InChI=1S/C23H25N3O2/c1-15-23(18-6-3-4-7-20(18)24(15)2)21(27)14-25-11-16-10-17(13-25)19-8-5-9-22(28)26(19)12-16/h3-9,16-17H,10-14H2,1-2H3/p+1/t16-,17+/m1/s1. The summed E-state index contributed by atoms with van der Waals surface area (Å²) < 4.78 is 4.07.